The van der Waals surface area contributed by atoms with Gasteiger partial charge >= 0.3 is 5.97 Å². The van der Waals surface area contributed by atoms with E-state index in [1.807, 2.05) is 6.92 Å². The standard InChI is InChI=1S/C12H22O3/c1-3-5-6-7-9-15-10-8-11(4-2)12(13)14/h8H,3-7,9-10H2,1-2H3,(H,13,14). The molecule has 0 fully saturated rings. The summed E-state index contributed by atoms with van der Waals surface area (Å²) in [4.78, 5) is 10.6. The minimum Gasteiger partial charge on any atom is -0.478 e. The fraction of sp³-hybridized carbons (Fsp3) is 0.750. The maximum atomic E-state index is 10.6. The molecule has 0 aliphatic heterocycles. The molecular formula is C12H22O3. The van der Waals surface area contributed by atoms with Gasteiger partial charge in [-0.05, 0) is 18.9 Å². The maximum Gasteiger partial charge on any atom is 0.331 e. The lowest BCUT2D eigenvalue weighted by atomic mass is 10.2. The first-order valence-electron chi connectivity index (χ1n) is 5.72. The molecule has 0 aliphatic rings. The van der Waals surface area contributed by atoms with Crippen LogP contribution in [0.15, 0.2) is 11.6 Å². The molecule has 0 bridgehead atoms. The van der Waals surface area contributed by atoms with Crippen molar-refractivity contribution < 1.29 is 14.6 Å². The highest BCUT2D eigenvalue weighted by molar-refractivity contribution is 5.86. The number of hydrogen-bond acceptors (Lipinski definition) is 2. The second kappa shape index (κ2) is 9.71. The molecule has 0 unspecified atom stereocenters. The van der Waals surface area contributed by atoms with Crippen LogP contribution in [0.5, 0.6) is 0 Å². The van der Waals surface area contributed by atoms with Crippen LogP contribution in [0.4, 0.5) is 0 Å². The summed E-state index contributed by atoms with van der Waals surface area (Å²) in [5, 5.41) is 8.72. The molecular weight excluding hydrogens is 192 g/mol. The van der Waals surface area contributed by atoms with Crippen LogP contribution in [0.1, 0.15) is 46.0 Å². The fourth-order valence-corrected chi connectivity index (χ4v) is 1.26. The van der Waals surface area contributed by atoms with E-state index in [1.54, 1.807) is 6.08 Å². The Bertz CT molecular complexity index is 197. The minimum atomic E-state index is -0.841. The SMILES string of the molecule is CCCCCCOCC=C(CC)C(=O)O. The summed E-state index contributed by atoms with van der Waals surface area (Å²) in [6, 6.07) is 0. The number of carbonyl (C=O) groups is 1. The molecule has 0 aromatic carbocycles. The van der Waals surface area contributed by atoms with Crippen LogP contribution in [-0.4, -0.2) is 24.3 Å². The highest BCUT2D eigenvalue weighted by Crippen LogP contribution is 2.01. The van der Waals surface area contributed by atoms with Gasteiger partial charge in [0, 0.05) is 12.2 Å². The quantitative estimate of drug-likeness (QED) is 0.474. The third-order valence-corrected chi connectivity index (χ3v) is 2.25. The summed E-state index contributed by atoms with van der Waals surface area (Å²) in [5.74, 6) is -0.841. The predicted molar refractivity (Wildman–Crippen MR) is 61.0 cm³/mol. The lowest BCUT2D eigenvalue weighted by Gasteiger charge is -2.01. The zero-order valence-electron chi connectivity index (χ0n) is 9.79. The molecule has 0 aromatic rings. The molecule has 0 atom stereocenters. The molecule has 0 saturated heterocycles. The second-order valence-corrected chi connectivity index (χ2v) is 3.52. The molecule has 0 aromatic heterocycles. The Kier molecular flexibility index (Phi) is 9.18. The van der Waals surface area contributed by atoms with Crippen molar-refractivity contribution in [3.63, 3.8) is 0 Å². The Morgan fingerprint density at radius 2 is 2.00 bits per heavy atom. The highest BCUT2D eigenvalue weighted by atomic mass is 16.5. The van der Waals surface area contributed by atoms with E-state index in [1.165, 1.54) is 19.3 Å². The minimum absolute atomic E-state index is 0.418. The Morgan fingerprint density at radius 1 is 1.27 bits per heavy atom. The number of hydrogen-bond donors (Lipinski definition) is 1. The van der Waals surface area contributed by atoms with E-state index >= 15 is 0 Å². The Labute approximate surface area is 92.1 Å². The van der Waals surface area contributed by atoms with Crippen LogP contribution in [0.3, 0.4) is 0 Å². The first-order valence-corrected chi connectivity index (χ1v) is 5.72. The molecule has 0 saturated carbocycles. The zero-order chi connectivity index (χ0) is 11.5. The van der Waals surface area contributed by atoms with Gasteiger partial charge in [0.05, 0.1) is 6.61 Å². The Morgan fingerprint density at radius 3 is 2.53 bits per heavy atom. The maximum absolute atomic E-state index is 10.6. The van der Waals surface area contributed by atoms with Crippen LogP contribution in [0.25, 0.3) is 0 Å². The van der Waals surface area contributed by atoms with Gasteiger partial charge in [-0.1, -0.05) is 33.1 Å². The average Bonchev–Trinajstić information content (AvgIpc) is 2.21. The molecule has 0 amide bonds. The first-order chi connectivity index (χ1) is 7.22. The fourth-order valence-electron chi connectivity index (χ4n) is 1.26. The van der Waals surface area contributed by atoms with Crippen LogP contribution >= 0.6 is 0 Å². The van der Waals surface area contributed by atoms with Gasteiger partial charge in [0.15, 0.2) is 0 Å². The molecule has 0 radical (unpaired) electrons. The summed E-state index contributed by atoms with van der Waals surface area (Å²) >= 11 is 0. The summed E-state index contributed by atoms with van der Waals surface area (Å²) in [6.45, 7) is 5.15. The van der Waals surface area contributed by atoms with Crippen molar-refractivity contribution in [2.75, 3.05) is 13.2 Å². The van der Waals surface area contributed by atoms with Crippen molar-refractivity contribution in [1.29, 1.82) is 0 Å². The normalized spacial score (nSPS) is 11.7. The summed E-state index contributed by atoms with van der Waals surface area (Å²) in [7, 11) is 0. The molecule has 0 rings (SSSR count). The molecule has 0 heterocycles. The van der Waals surface area contributed by atoms with Gasteiger partial charge in [-0.15, -0.1) is 0 Å². The number of rotatable bonds is 9. The van der Waals surface area contributed by atoms with Crippen LogP contribution in [0.2, 0.25) is 0 Å². The monoisotopic (exact) mass is 214 g/mol. The average molecular weight is 214 g/mol. The van der Waals surface area contributed by atoms with Crippen molar-refractivity contribution >= 4 is 5.97 Å². The van der Waals surface area contributed by atoms with E-state index in [4.69, 9.17) is 9.84 Å². The molecule has 1 N–H and O–H groups in total. The van der Waals surface area contributed by atoms with Crippen LogP contribution in [0, 0.1) is 0 Å². The molecule has 0 aliphatic carbocycles. The zero-order valence-corrected chi connectivity index (χ0v) is 9.79. The second-order valence-electron chi connectivity index (χ2n) is 3.52. The third kappa shape index (κ3) is 8.18. The van der Waals surface area contributed by atoms with Crippen molar-refractivity contribution in [2.24, 2.45) is 0 Å². The Hall–Kier alpha value is -0.830. The number of aliphatic carboxylic acids is 1. The lowest BCUT2D eigenvalue weighted by Crippen LogP contribution is -2.02. The lowest BCUT2D eigenvalue weighted by molar-refractivity contribution is -0.132. The number of carboxylic acid groups (broad SMARTS) is 1. The molecule has 0 spiro atoms. The van der Waals surface area contributed by atoms with E-state index in [0.717, 1.165) is 13.0 Å². The third-order valence-electron chi connectivity index (χ3n) is 2.25. The molecule has 15 heavy (non-hydrogen) atoms. The number of carboxylic acids is 1. The van der Waals surface area contributed by atoms with E-state index in [2.05, 4.69) is 6.92 Å². The smallest absolute Gasteiger partial charge is 0.331 e. The van der Waals surface area contributed by atoms with E-state index in [0.29, 0.717) is 18.6 Å². The van der Waals surface area contributed by atoms with Gasteiger partial charge in [0.25, 0.3) is 0 Å². The topological polar surface area (TPSA) is 46.5 Å². The Balaban J connectivity index is 3.46. The molecule has 3 heteroatoms. The van der Waals surface area contributed by atoms with Crippen LogP contribution < -0.4 is 0 Å². The van der Waals surface area contributed by atoms with Crippen molar-refractivity contribution in [2.45, 2.75) is 46.0 Å². The van der Waals surface area contributed by atoms with Crippen molar-refractivity contribution in [3.8, 4) is 0 Å². The number of ether oxygens (including phenoxy) is 1. The highest BCUT2D eigenvalue weighted by Gasteiger charge is 2.02. The van der Waals surface area contributed by atoms with Crippen molar-refractivity contribution in [3.05, 3.63) is 11.6 Å². The first kappa shape index (κ1) is 14.2. The summed E-state index contributed by atoms with van der Waals surface area (Å²) in [6.07, 6.45) is 6.93. The van der Waals surface area contributed by atoms with Gasteiger partial charge in [0.1, 0.15) is 0 Å². The van der Waals surface area contributed by atoms with Gasteiger partial charge in [-0.25, -0.2) is 4.79 Å². The van der Waals surface area contributed by atoms with E-state index in [9.17, 15) is 4.79 Å². The summed E-state index contributed by atoms with van der Waals surface area (Å²) < 4.78 is 5.32. The molecule has 3 nitrogen and oxygen atoms in total. The van der Waals surface area contributed by atoms with Gasteiger partial charge in [-0.2, -0.15) is 0 Å². The molecule has 88 valence electrons. The van der Waals surface area contributed by atoms with Gasteiger partial charge in [0.2, 0.25) is 0 Å². The largest absolute Gasteiger partial charge is 0.478 e. The van der Waals surface area contributed by atoms with Gasteiger partial charge in [-0.3, -0.25) is 0 Å². The van der Waals surface area contributed by atoms with E-state index < -0.39 is 5.97 Å². The predicted octanol–water partition coefficient (Wildman–Crippen LogP) is 3.00. The van der Waals surface area contributed by atoms with E-state index in [-0.39, 0.29) is 0 Å². The number of unbranched alkanes of at least 4 members (excludes halogenated alkanes) is 3. The van der Waals surface area contributed by atoms with Gasteiger partial charge < -0.3 is 9.84 Å². The van der Waals surface area contributed by atoms with Crippen LogP contribution in [-0.2, 0) is 9.53 Å². The van der Waals surface area contributed by atoms with Crippen molar-refractivity contribution in [1.82, 2.24) is 0 Å². The summed E-state index contributed by atoms with van der Waals surface area (Å²) in [5.41, 5.74) is 0.434.